The second kappa shape index (κ2) is 29.5. The molecule has 2 aromatic rings. The van der Waals surface area contributed by atoms with Crippen molar-refractivity contribution >= 4 is 27.9 Å². The van der Waals surface area contributed by atoms with Crippen LogP contribution in [0, 0.1) is 6.92 Å². The van der Waals surface area contributed by atoms with Gasteiger partial charge in [0.1, 0.15) is 24.7 Å². The van der Waals surface area contributed by atoms with Gasteiger partial charge in [-0.15, -0.1) is 0 Å². The number of nitrogens with zero attached hydrogens (tertiary/aromatic N) is 2. The summed E-state index contributed by atoms with van der Waals surface area (Å²) in [6, 6.07) is 20.9. The first-order valence-electron chi connectivity index (χ1n) is 24.0. The lowest BCUT2D eigenvalue weighted by molar-refractivity contribution is -0.137. The normalized spacial score (nSPS) is 14.1. The first-order chi connectivity index (χ1) is 33.9. The number of carboxylic acids is 1. The summed E-state index contributed by atoms with van der Waals surface area (Å²) in [7, 11) is -1.16. The lowest BCUT2D eigenvalue weighted by Crippen LogP contribution is -2.36. The molecule has 0 amide bonds. The van der Waals surface area contributed by atoms with E-state index in [4.69, 9.17) is 42.3 Å². The zero-order chi connectivity index (χ0) is 50.2. The summed E-state index contributed by atoms with van der Waals surface area (Å²) in [5, 5.41) is 10.1. The molecule has 2 heterocycles. The van der Waals surface area contributed by atoms with Crippen molar-refractivity contribution < 1.29 is 65.2 Å². The summed E-state index contributed by atoms with van der Waals surface area (Å²) >= 11 is 0. The first kappa shape index (κ1) is 56.1. The lowest BCUT2D eigenvalue weighted by Gasteiger charge is -2.27. The highest BCUT2D eigenvalue weighted by Gasteiger charge is 2.40. The van der Waals surface area contributed by atoms with Crippen molar-refractivity contribution in [3.05, 3.63) is 107 Å². The fourth-order valence-electron chi connectivity index (χ4n) is 8.21. The van der Waals surface area contributed by atoms with E-state index in [1.807, 2.05) is 50.3 Å². The number of hydrogen-bond acceptors (Lipinski definition) is 13. The third-order valence-electron chi connectivity index (χ3n) is 11.9. The van der Waals surface area contributed by atoms with E-state index in [-0.39, 0.29) is 11.3 Å². The Morgan fingerprint density at radius 3 is 1.86 bits per heavy atom. The van der Waals surface area contributed by atoms with E-state index >= 15 is 0 Å². The maximum absolute atomic E-state index is 12.2. The smallest absolute Gasteiger partial charge is 0.303 e. The van der Waals surface area contributed by atoms with Gasteiger partial charge in [-0.2, -0.15) is 8.42 Å². The Morgan fingerprint density at radius 2 is 1.30 bits per heavy atom. The standard InChI is InChI=1S/C53H72N2O14S/c1-41-45(15-12-16-50-53(2,3)47-40-44(70(58,59)60)19-21-48(47)55(50)22-11-7-10-17-51(56)57)46-20-18-43(39-49(46)69-52(41)42-13-8-6-9-14-42)54(23-25-63-31-33-67-37-35-65-29-27-61-4)24-26-64-32-34-68-38-36-66-30-28-62-5/h6,8-9,12-16,18-21,39-40H,7,10-11,17,22-38H2,1-5H3,(H-,56,57,58,59,60)/p+1. The number of allylic oxidation sites excluding steroid dienone is 3. The van der Waals surface area contributed by atoms with Crippen LogP contribution < -0.4 is 14.8 Å². The summed E-state index contributed by atoms with van der Waals surface area (Å²) in [6.45, 7) is 14.7. The zero-order valence-corrected chi connectivity index (χ0v) is 42.3. The topological polar surface area (TPSA) is 185 Å². The number of benzene rings is 3. The van der Waals surface area contributed by atoms with Gasteiger partial charge in [0.05, 0.1) is 90.2 Å². The summed E-state index contributed by atoms with van der Waals surface area (Å²) in [5.41, 5.74) is 5.69. The SMILES string of the molecule is COCCOCCOCCOCC[N+](CCOCCOCCOCCOC)=c1ccc2c(C=CC=C3N(CCCCCC(=O)O)c4ccc(S(=O)(=O)O)cc4C3(C)C)c(C)c(-c3ccccc3)oc-2c1. The molecule has 0 radical (unpaired) electrons. The molecule has 0 atom stereocenters. The van der Waals surface area contributed by atoms with Crippen LogP contribution in [0.2, 0.25) is 0 Å². The number of carboxylic acid groups (broad SMARTS) is 1. The minimum Gasteiger partial charge on any atom is -0.481 e. The lowest BCUT2D eigenvalue weighted by atomic mass is 9.83. The molecule has 2 N–H and O–H groups in total. The summed E-state index contributed by atoms with van der Waals surface area (Å²) in [5.74, 6) is 0.603. The van der Waals surface area contributed by atoms with Crippen LogP contribution in [0.5, 0.6) is 0 Å². The fraction of sp³-hybridized carbons (Fsp3) is 0.509. The molecular weight excluding hydrogens is 921 g/mol. The molecule has 0 fully saturated rings. The maximum atomic E-state index is 12.2. The van der Waals surface area contributed by atoms with Gasteiger partial charge >= 0.3 is 5.97 Å². The molecule has 5 rings (SSSR count). The predicted molar refractivity (Wildman–Crippen MR) is 269 cm³/mol. The molecule has 1 aliphatic carbocycles. The Labute approximate surface area is 413 Å². The quantitative estimate of drug-likeness (QED) is 0.0274. The third kappa shape index (κ3) is 17.2. The molecule has 16 nitrogen and oxygen atoms in total. The van der Waals surface area contributed by atoms with Crippen LogP contribution in [0.1, 0.15) is 56.2 Å². The van der Waals surface area contributed by atoms with Crippen LogP contribution >= 0.6 is 0 Å². The molecule has 2 aliphatic heterocycles. The van der Waals surface area contributed by atoms with Gasteiger partial charge in [0.15, 0.2) is 13.1 Å². The van der Waals surface area contributed by atoms with Gasteiger partial charge in [-0.3, -0.25) is 9.35 Å². The Balaban J connectivity index is 1.44. The average Bonchev–Trinajstić information content (AvgIpc) is 3.55. The molecule has 384 valence electrons. The molecule has 17 heteroatoms. The van der Waals surface area contributed by atoms with Crippen LogP contribution in [-0.4, -0.2) is 150 Å². The van der Waals surface area contributed by atoms with Crippen LogP contribution in [0.3, 0.4) is 0 Å². The molecule has 0 saturated carbocycles. The Bertz CT molecular complexity index is 2410. The van der Waals surface area contributed by atoms with Crippen molar-refractivity contribution in [2.24, 2.45) is 0 Å². The molecule has 0 spiro atoms. The molecular formula is C53H73N2O14S+. The number of hydrogen-bond donors (Lipinski definition) is 2. The van der Waals surface area contributed by atoms with Crippen molar-refractivity contribution in [2.45, 2.75) is 56.8 Å². The van der Waals surface area contributed by atoms with Gasteiger partial charge in [-0.25, -0.2) is 4.58 Å². The predicted octanol–water partition coefficient (Wildman–Crippen LogP) is 7.11. The minimum absolute atomic E-state index is 0.0993. The van der Waals surface area contributed by atoms with Crippen LogP contribution in [-0.2, 0) is 58.2 Å². The number of rotatable bonds is 34. The summed E-state index contributed by atoms with van der Waals surface area (Å²) < 4.78 is 87.8. The van der Waals surface area contributed by atoms with Crippen molar-refractivity contribution in [3.8, 4) is 22.6 Å². The van der Waals surface area contributed by atoms with Gasteiger partial charge in [0, 0.05) is 66.7 Å². The number of unbranched alkanes of at least 4 members (excludes halogenated alkanes) is 2. The maximum Gasteiger partial charge on any atom is 0.303 e. The van der Waals surface area contributed by atoms with Crippen molar-refractivity contribution in [2.75, 3.05) is 131 Å². The van der Waals surface area contributed by atoms with E-state index in [9.17, 15) is 22.9 Å². The number of carbonyl (C=O) groups is 1. The van der Waals surface area contributed by atoms with E-state index in [2.05, 4.69) is 46.8 Å². The van der Waals surface area contributed by atoms with E-state index in [0.717, 1.165) is 56.7 Å². The molecule has 3 aliphatic rings. The van der Waals surface area contributed by atoms with Crippen molar-refractivity contribution in [1.29, 1.82) is 0 Å². The van der Waals surface area contributed by atoms with E-state index in [1.165, 1.54) is 6.07 Å². The van der Waals surface area contributed by atoms with Crippen LogP contribution in [0.15, 0.2) is 93.9 Å². The summed E-state index contributed by atoms with van der Waals surface area (Å²) in [4.78, 5) is 13.2. The highest BCUT2D eigenvalue weighted by molar-refractivity contribution is 7.85. The van der Waals surface area contributed by atoms with Crippen molar-refractivity contribution in [3.63, 3.8) is 0 Å². The number of fused-ring (bicyclic) bond motifs is 2. The van der Waals surface area contributed by atoms with E-state index in [1.54, 1.807) is 26.4 Å². The van der Waals surface area contributed by atoms with Crippen LogP contribution in [0.4, 0.5) is 5.69 Å². The molecule has 0 saturated heterocycles. The second-order valence-corrected chi connectivity index (χ2v) is 18.6. The Kier molecular flexibility index (Phi) is 23.7. The molecule has 0 bridgehead atoms. The van der Waals surface area contributed by atoms with Gasteiger partial charge in [0.25, 0.3) is 10.1 Å². The Morgan fingerprint density at radius 1 is 0.729 bits per heavy atom. The van der Waals surface area contributed by atoms with Crippen molar-refractivity contribution in [1.82, 2.24) is 4.58 Å². The molecule has 70 heavy (non-hydrogen) atoms. The minimum atomic E-state index is -4.44. The van der Waals surface area contributed by atoms with E-state index < -0.39 is 21.5 Å². The van der Waals surface area contributed by atoms with Gasteiger partial charge in [-0.1, -0.05) is 62.8 Å². The fourth-order valence-corrected chi connectivity index (χ4v) is 8.71. The highest BCUT2D eigenvalue weighted by atomic mass is 32.2. The number of aliphatic carboxylic acids is 1. The van der Waals surface area contributed by atoms with Gasteiger partial charge in [0.2, 0.25) is 5.36 Å². The first-order valence-corrected chi connectivity index (χ1v) is 25.5. The number of ether oxygens (including phenoxy) is 8. The monoisotopic (exact) mass is 993 g/mol. The third-order valence-corrected chi connectivity index (χ3v) is 12.8. The largest absolute Gasteiger partial charge is 0.481 e. The molecule has 0 aromatic heterocycles. The second-order valence-electron chi connectivity index (χ2n) is 17.2. The van der Waals surface area contributed by atoms with Gasteiger partial charge < -0.3 is 52.3 Å². The summed E-state index contributed by atoms with van der Waals surface area (Å²) in [6.07, 6.45) is 8.26. The van der Waals surface area contributed by atoms with E-state index in [0.29, 0.717) is 131 Å². The number of anilines is 1. The molecule has 0 unspecified atom stereocenters. The van der Waals surface area contributed by atoms with Gasteiger partial charge in [-0.05, 0) is 61.2 Å². The van der Waals surface area contributed by atoms with Crippen LogP contribution in [0.25, 0.3) is 28.7 Å². The Hall–Kier alpha value is -4.79. The average molecular weight is 994 g/mol. The zero-order valence-electron chi connectivity index (χ0n) is 41.5. The number of methoxy groups -OCH3 is 2. The highest BCUT2D eigenvalue weighted by Crippen LogP contribution is 2.49. The molecule has 2 aromatic carbocycles.